The lowest BCUT2D eigenvalue weighted by atomic mass is 10.1. The summed E-state index contributed by atoms with van der Waals surface area (Å²) in [7, 11) is -3.33. The van der Waals surface area contributed by atoms with Crippen LogP contribution in [0, 0.1) is 0 Å². The number of aromatic nitrogens is 4. The molecule has 1 aliphatic heterocycles. The molecule has 28 heavy (non-hydrogen) atoms. The van der Waals surface area contributed by atoms with Gasteiger partial charge in [-0.05, 0) is 7.05 Å². The maximum absolute atomic E-state index is 11.3. The van der Waals surface area contributed by atoms with Gasteiger partial charge in [0.05, 0.1) is 19.0 Å². The van der Waals surface area contributed by atoms with Gasteiger partial charge in [-0.1, -0.05) is 0 Å². The summed E-state index contributed by atoms with van der Waals surface area (Å²) in [6.07, 6.45) is -1.51. The zero-order valence-electron chi connectivity index (χ0n) is 14.8. The average Bonchev–Trinajstić information content (AvgIpc) is 3.21. The van der Waals surface area contributed by atoms with E-state index in [1.807, 2.05) is 0 Å². The number of ether oxygens (including phenoxy) is 1. The predicted octanol–water partition coefficient (Wildman–Crippen LogP) is -1.98. The normalized spacial score (nSPS) is 24.2. The molecule has 2 aromatic rings. The number of fused-ring (bicyclic) bond motifs is 1. The lowest BCUT2D eigenvalue weighted by molar-refractivity contribution is -0.124. The Morgan fingerprint density at radius 2 is 2.21 bits per heavy atom. The van der Waals surface area contributed by atoms with Crippen LogP contribution in [0.5, 0.6) is 0 Å². The molecule has 1 saturated heterocycles. The van der Waals surface area contributed by atoms with E-state index in [4.69, 9.17) is 25.1 Å². The van der Waals surface area contributed by atoms with Gasteiger partial charge in [-0.25, -0.2) is 25.0 Å². The molecule has 6 N–H and O–H groups in total. The second-order valence-corrected chi connectivity index (χ2v) is 7.26. The lowest BCUT2D eigenvalue weighted by Gasteiger charge is -2.31. The van der Waals surface area contributed by atoms with E-state index in [0.29, 0.717) is 11.2 Å². The van der Waals surface area contributed by atoms with Crippen LogP contribution in [-0.4, -0.2) is 81.1 Å². The molecular weight excluding hydrogens is 398 g/mol. The van der Waals surface area contributed by atoms with Crippen molar-refractivity contribution in [3.05, 3.63) is 12.7 Å². The molecular formula is C13H21N7O7S. The van der Waals surface area contributed by atoms with Gasteiger partial charge < -0.3 is 20.4 Å². The number of aliphatic hydroxyl groups is 1. The fraction of sp³-hybridized carbons (Fsp3) is 0.615. The first kappa shape index (κ1) is 20.7. The van der Waals surface area contributed by atoms with Gasteiger partial charge >= 0.3 is 10.4 Å². The Morgan fingerprint density at radius 3 is 2.89 bits per heavy atom. The first-order valence-electron chi connectivity index (χ1n) is 8.15. The van der Waals surface area contributed by atoms with E-state index < -0.39 is 35.1 Å². The highest BCUT2D eigenvalue weighted by atomic mass is 32.3. The zero-order valence-corrected chi connectivity index (χ0v) is 15.6. The van der Waals surface area contributed by atoms with Crippen LogP contribution in [0.3, 0.4) is 0 Å². The van der Waals surface area contributed by atoms with Crippen molar-refractivity contribution in [2.75, 3.05) is 25.9 Å². The Bertz CT molecular complexity index is 923. The highest BCUT2D eigenvalue weighted by Crippen LogP contribution is 2.34. The van der Waals surface area contributed by atoms with Crippen LogP contribution in [0.15, 0.2) is 12.7 Å². The summed E-state index contributed by atoms with van der Waals surface area (Å²) in [4.78, 5) is 18.0. The summed E-state index contributed by atoms with van der Waals surface area (Å²) < 4.78 is 43.8. The Hall–Kier alpha value is -1.98. The van der Waals surface area contributed by atoms with Crippen LogP contribution < -0.4 is 11.6 Å². The number of hydrogen-bond acceptors (Lipinski definition) is 12. The summed E-state index contributed by atoms with van der Waals surface area (Å²) in [6.45, 7) is 0.197. The number of imidazole rings is 1. The van der Waals surface area contributed by atoms with Crippen molar-refractivity contribution in [1.29, 1.82) is 0 Å². The molecule has 1 aliphatic rings. The molecule has 3 rings (SSSR count). The molecule has 4 atom stereocenters. The van der Waals surface area contributed by atoms with Crippen LogP contribution in [0.4, 0.5) is 5.82 Å². The van der Waals surface area contributed by atoms with Gasteiger partial charge in [0.1, 0.15) is 24.2 Å². The number of likely N-dealkylation sites (N-methyl/N-ethyl adjacent to an activating group) is 1. The predicted molar refractivity (Wildman–Crippen MR) is 93.5 cm³/mol. The van der Waals surface area contributed by atoms with E-state index in [1.54, 1.807) is 4.57 Å². The van der Waals surface area contributed by atoms with Gasteiger partial charge in [0, 0.05) is 13.0 Å². The Labute approximate surface area is 159 Å². The van der Waals surface area contributed by atoms with Crippen molar-refractivity contribution in [2.24, 2.45) is 5.90 Å². The van der Waals surface area contributed by atoms with Gasteiger partial charge in [-0.2, -0.15) is 8.42 Å². The van der Waals surface area contributed by atoms with Gasteiger partial charge in [0.2, 0.25) is 0 Å². The summed E-state index contributed by atoms with van der Waals surface area (Å²) in [5, 5.41) is 10.5. The Kier molecular flexibility index (Phi) is 6.06. The van der Waals surface area contributed by atoms with Gasteiger partial charge in [0.15, 0.2) is 17.7 Å². The van der Waals surface area contributed by atoms with Crippen molar-refractivity contribution in [2.45, 2.75) is 31.1 Å². The van der Waals surface area contributed by atoms with E-state index >= 15 is 0 Å². The van der Waals surface area contributed by atoms with E-state index in [9.17, 15) is 13.5 Å². The fourth-order valence-electron chi connectivity index (χ4n) is 3.01. The Morgan fingerprint density at radius 1 is 1.46 bits per heavy atom. The van der Waals surface area contributed by atoms with Crippen LogP contribution >= 0.6 is 0 Å². The molecule has 156 valence electrons. The number of aliphatic hydroxyl groups excluding tert-OH is 1. The summed E-state index contributed by atoms with van der Waals surface area (Å²) in [6, 6.07) is 0. The van der Waals surface area contributed by atoms with Crippen molar-refractivity contribution >= 4 is 27.4 Å². The first-order chi connectivity index (χ1) is 13.2. The molecule has 0 aliphatic carbocycles. The molecule has 0 radical (unpaired) electrons. The van der Waals surface area contributed by atoms with Crippen molar-refractivity contribution < 1.29 is 31.8 Å². The lowest BCUT2D eigenvalue weighted by Crippen LogP contribution is -2.49. The Balaban J connectivity index is 1.85. The van der Waals surface area contributed by atoms with Crippen molar-refractivity contribution in [1.82, 2.24) is 24.4 Å². The number of hydrogen-bond donors (Lipinski definition) is 4. The number of nitrogen functional groups attached to an aromatic ring is 1. The van der Waals surface area contributed by atoms with Gasteiger partial charge in [-0.3, -0.25) is 14.0 Å². The van der Waals surface area contributed by atoms with E-state index in [-0.39, 0.29) is 25.4 Å². The van der Waals surface area contributed by atoms with E-state index in [0.717, 1.165) is 0 Å². The number of nitrogens with two attached hydrogens (primary N) is 2. The second kappa shape index (κ2) is 8.18. The molecule has 3 heterocycles. The third-order valence-electron chi connectivity index (χ3n) is 4.33. The molecule has 14 nitrogen and oxygen atoms in total. The smallest absolute Gasteiger partial charge is 0.390 e. The van der Waals surface area contributed by atoms with Crippen LogP contribution in [-0.2, 0) is 24.2 Å². The summed E-state index contributed by atoms with van der Waals surface area (Å²) in [5.74, 6) is 5.18. The molecule has 0 bridgehead atoms. The standard InChI is InChI=1S/C13H21N7O7S/c1-19(2-3-25-15)13(27-28(22,23)24)10-7(21)4-8(26-10)20-6-18-9-11(14)16-5-17-12(9)20/h5-8,10,13,21H,2-4,15H2,1H3,(H2,14,16,17)(H,22,23,24)/t7-,8+,10-,13?/m0/s1. The minimum Gasteiger partial charge on any atom is -0.390 e. The maximum atomic E-state index is 11.3. The fourth-order valence-corrected chi connectivity index (χ4v) is 3.52. The maximum Gasteiger partial charge on any atom is 0.398 e. The first-order valence-corrected chi connectivity index (χ1v) is 9.52. The third-order valence-corrected chi connectivity index (χ3v) is 4.77. The van der Waals surface area contributed by atoms with E-state index in [1.165, 1.54) is 24.6 Å². The van der Waals surface area contributed by atoms with E-state index in [2.05, 4.69) is 19.8 Å². The van der Waals surface area contributed by atoms with Crippen LogP contribution in [0.25, 0.3) is 11.2 Å². The molecule has 2 aromatic heterocycles. The third kappa shape index (κ3) is 4.36. The summed E-state index contributed by atoms with van der Waals surface area (Å²) >= 11 is 0. The van der Waals surface area contributed by atoms with Gasteiger partial charge in [0.25, 0.3) is 0 Å². The minimum atomic E-state index is -4.83. The quantitative estimate of drug-likeness (QED) is 0.208. The summed E-state index contributed by atoms with van der Waals surface area (Å²) in [5.41, 5.74) is 6.53. The zero-order chi connectivity index (χ0) is 20.5. The molecule has 0 spiro atoms. The number of anilines is 1. The largest absolute Gasteiger partial charge is 0.398 e. The minimum absolute atomic E-state index is 0.0520. The molecule has 0 aromatic carbocycles. The van der Waals surface area contributed by atoms with Crippen LogP contribution in [0.1, 0.15) is 12.6 Å². The SMILES string of the molecule is CN(CCON)C(OS(=O)(=O)O)[C@H]1O[C@@H](n2cnc3c(N)ncnc32)C[C@@H]1O. The second-order valence-electron chi connectivity index (χ2n) is 6.21. The van der Waals surface area contributed by atoms with Crippen LogP contribution in [0.2, 0.25) is 0 Å². The molecule has 0 saturated carbocycles. The number of nitrogens with zero attached hydrogens (tertiary/aromatic N) is 5. The van der Waals surface area contributed by atoms with Crippen molar-refractivity contribution in [3.63, 3.8) is 0 Å². The van der Waals surface area contributed by atoms with Crippen molar-refractivity contribution in [3.8, 4) is 0 Å². The highest BCUT2D eigenvalue weighted by molar-refractivity contribution is 7.80. The molecule has 15 heteroatoms. The average molecular weight is 419 g/mol. The topological polar surface area (TPSA) is 201 Å². The monoisotopic (exact) mass is 419 g/mol. The highest BCUT2D eigenvalue weighted by Gasteiger charge is 2.44. The van der Waals surface area contributed by atoms with Gasteiger partial charge in [-0.15, -0.1) is 0 Å². The molecule has 1 fully saturated rings. The molecule has 1 unspecified atom stereocenters. The number of rotatable bonds is 8. The molecule has 0 amide bonds.